The van der Waals surface area contributed by atoms with Crippen LogP contribution in [0.1, 0.15) is 24.1 Å². The van der Waals surface area contributed by atoms with Crippen molar-refractivity contribution in [2.45, 2.75) is 19.5 Å². The molecule has 1 atom stereocenters. The number of benzene rings is 3. The molecule has 0 bridgehead atoms. The Morgan fingerprint density at radius 2 is 1.86 bits per heavy atom. The van der Waals surface area contributed by atoms with E-state index in [-0.39, 0.29) is 24.2 Å². The van der Waals surface area contributed by atoms with Gasteiger partial charge in [0.2, 0.25) is 5.91 Å². The molecule has 4 nitrogen and oxygen atoms in total. The average Bonchev–Trinajstić information content (AvgIpc) is 2.67. The molecule has 3 aromatic rings. The third kappa shape index (κ3) is 4.87. The fourth-order valence-corrected chi connectivity index (χ4v) is 3.27. The fraction of sp³-hybridized carbons (Fsp3) is 0.261. The van der Waals surface area contributed by atoms with E-state index in [0.717, 1.165) is 16.5 Å². The Morgan fingerprint density at radius 1 is 1.11 bits per heavy atom. The predicted octanol–water partition coefficient (Wildman–Crippen LogP) is 4.30. The van der Waals surface area contributed by atoms with Gasteiger partial charge in [0.15, 0.2) is 11.6 Å². The molecule has 0 spiro atoms. The largest absolute Gasteiger partial charge is 0.494 e. The highest BCUT2D eigenvalue weighted by Gasteiger charge is 2.13. The van der Waals surface area contributed by atoms with Crippen LogP contribution in [-0.4, -0.2) is 31.5 Å². The Bertz CT molecular complexity index is 974. The highest BCUT2D eigenvalue weighted by molar-refractivity contribution is 5.83. The Hall–Kier alpha value is -2.92. The molecule has 0 aliphatic rings. The van der Waals surface area contributed by atoms with Crippen LogP contribution >= 0.6 is 0 Å². The minimum atomic E-state index is -0.400. The smallest absolute Gasteiger partial charge is 0.234 e. The summed E-state index contributed by atoms with van der Waals surface area (Å²) in [6.07, 6.45) is 0. The number of likely N-dealkylation sites (N-methyl/N-ethyl adjacent to an activating group) is 1. The summed E-state index contributed by atoms with van der Waals surface area (Å²) >= 11 is 0. The van der Waals surface area contributed by atoms with Crippen LogP contribution in [-0.2, 0) is 11.3 Å². The van der Waals surface area contributed by atoms with Crippen LogP contribution < -0.4 is 10.1 Å². The second kappa shape index (κ2) is 8.85. The normalized spacial score (nSPS) is 12.2. The molecule has 0 aliphatic carbocycles. The van der Waals surface area contributed by atoms with Gasteiger partial charge >= 0.3 is 0 Å². The summed E-state index contributed by atoms with van der Waals surface area (Å²) in [5.41, 5.74) is 1.85. The molecule has 3 rings (SSSR count). The Morgan fingerprint density at radius 3 is 2.57 bits per heavy atom. The molecular formula is C23H25FN2O2. The first-order chi connectivity index (χ1) is 13.5. The Balaban J connectivity index is 1.57. The fourth-order valence-electron chi connectivity index (χ4n) is 3.27. The van der Waals surface area contributed by atoms with Gasteiger partial charge in [-0.3, -0.25) is 9.69 Å². The lowest BCUT2D eigenvalue weighted by atomic mass is 10.0. The van der Waals surface area contributed by atoms with Crippen LogP contribution in [0.2, 0.25) is 0 Å². The second-order valence-electron chi connectivity index (χ2n) is 7.04. The number of carbonyl (C=O) groups excluding carboxylic acids is 1. The van der Waals surface area contributed by atoms with Crippen LogP contribution in [0.4, 0.5) is 4.39 Å². The van der Waals surface area contributed by atoms with Gasteiger partial charge in [0.25, 0.3) is 0 Å². The first-order valence-corrected chi connectivity index (χ1v) is 9.25. The maximum absolute atomic E-state index is 13.8. The zero-order chi connectivity index (χ0) is 20.1. The van der Waals surface area contributed by atoms with E-state index in [0.29, 0.717) is 6.54 Å². The lowest BCUT2D eigenvalue weighted by Gasteiger charge is -2.20. The third-order valence-corrected chi connectivity index (χ3v) is 4.73. The van der Waals surface area contributed by atoms with E-state index in [1.165, 1.54) is 18.6 Å². The summed E-state index contributed by atoms with van der Waals surface area (Å²) in [5.74, 6) is -0.256. The lowest BCUT2D eigenvalue weighted by Crippen LogP contribution is -2.36. The zero-order valence-electron chi connectivity index (χ0n) is 16.4. The number of carbonyl (C=O) groups is 1. The number of amides is 1. The van der Waals surface area contributed by atoms with E-state index in [9.17, 15) is 9.18 Å². The second-order valence-corrected chi connectivity index (χ2v) is 7.04. The van der Waals surface area contributed by atoms with Gasteiger partial charge in [-0.25, -0.2) is 4.39 Å². The van der Waals surface area contributed by atoms with Gasteiger partial charge in [-0.15, -0.1) is 0 Å². The molecule has 0 radical (unpaired) electrons. The Labute approximate surface area is 164 Å². The molecule has 0 unspecified atom stereocenters. The van der Waals surface area contributed by atoms with Crippen molar-refractivity contribution in [3.63, 3.8) is 0 Å². The Kier molecular flexibility index (Phi) is 6.26. The molecule has 0 heterocycles. The van der Waals surface area contributed by atoms with Gasteiger partial charge in [-0.1, -0.05) is 42.5 Å². The summed E-state index contributed by atoms with van der Waals surface area (Å²) in [4.78, 5) is 14.3. The predicted molar refractivity (Wildman–Crippen MR) is 110 cm³/mol. The van der Waals surface area contributed by atoms with Crippen molar-refractivity contribution in [2.75, 3.05) is 20.7 Å². The van der Waals surface area contributed by atoms with Crippen molar-refractivity contribution < 1.29 is 13.9 Å². The minimum absolute atomic E-state index is 0.0721. The van der Waals surface area contributed by atoms with E-state index in [1.54, 1.807) is 12.1 Å². The number of nitrogens with one attached hydrogen (secondary N) is 1. The van der Waals surface area contributed by atoms with Crippen molar-refractivity contribution in [1.82, 2.24) is 10.2 Å². The summed E-state index contributed by atoms with van der Waals surface area (Å²) in [6.45, 7) is 2.67. The lowest BCUT2D eigenvalue weighted by molar-refractivity contribution is -0.122. The molecular weight excluding hydrogens is 355 g/mol. The summed E-state index contributed by atoms with van der Waals surface area (Å²) < 4.78 is 18.7. The van der Waals surface area contributed by atoms with Crippen molar-refractivity contribution in [1.29, 1.82) is 0 Å². The molecule has 0 saturated carbocycles. The average molecular weight is 380 g/mol. The van der Waals surface area contributed by atoms with E-state index in [1.807, 2.05) is 37.1 Å². The molecule has 0 aromatic heterocycles. The summed E-state index contributed by atoms with van der Waals surface area (Å²) in [6, 6.07) is 19.1. The summed E-state index contributed by atoms with van der Waals surface area (Å²) in [7, 11) is 3.27. The number of ether oxygens (including phenoxy) is 1. The molecule has 0 saturated heterocycles. The van der Waals surface area contributed by atoms with Crippen LogP contribution in [0.25, 0.3) is 10.8 Å². The third-order valence-electron chi connectivity index (χ3n) is 4.73. The van der Waals surface area contributed by atoms with E-state index >= 15 is 0 Å². The van der Waals surface area contributed by atoms with Crippen LogP contribution in [0.15, 0.2) is 60.7 Å². The van der Waals surface area contributed by atoms with Gasteiger partial charge in [0.05, 0.1) is 19.7 Å². The van der Waals surface area contributed by atoms with E-state index in [2.05, 4.69) is 29.6 Å². The number of halogens is 1. The topological polar surface area (TPSA) is 41.6 Å². The molecule has 146 valence electrons. The molecule has 1 amide bonds. The molecule has 5 heteroatoms. The zero-order valence-corrected chi connectivity index (χ0v) is 16.4. The maximum atomic E-state index is 13.8. The molecule has 0 aliphatic heterocycles. The van der Waals surface area contributed by atoms with Crippen molar-refractivity contribution in [2.24, 2.45) is 0 Å². The molecule has 28 heavy (non-hydrogen) atoms. The van der Waals surface area contributed by atoms with Gasteiger partial charge in [0.1, 0.15) is 0 Å². The van der Waals surface area contributed by atoms with Gasteiger partial charge < -0.3 is 10.1 Å². The van der Waals surface area contributed by atoms with Crippen LogP contribution in [0.5, 0.6) is 5.75 Å². The number of methoxy groups -OCH3 is 1. The SMILES string of the molecule is COc1ccc(CN(C)CC(=O)N[C@H](C)c2ccc3ccccc3c2)cc1F. The molecule has 0 fully saturated rings. The highest BCUT2D eigenvalue weighted by atomic mass is 19.1. The van der Waals surface area contributed by atoms with Crippen molar-refractivity contribution in [3.8, 4) is 5.75 Å². The quantitative estimate of drug-likeness (QED) is 0.665. The molecule has 1 N–H and O–H groups in total. The number of fused-ring (bicyclic) bond motifs is 1. The van der Waals surface area contributed by atoms with E-state index in [4.69, 9.17) is 4.74 Å². The van der Waals surface area contributed by atoms with Crippen LogP contribution in [0.3, 0.4) is 0 Å². The highest BCUT2D eigenvalue weighted by Crippen LogP contribution is 2.21. The standard InChI is InChI=1S/C23H25FN2O2/c1-16(19-10-9-18-6-4-5-7-20(18)13-19)25-23(27)15-26(2)14-17-8-11-22(28-3)21(24)12-17/h4-13,16H,14-15H2,1-3H3,(H,25,27)/t16-/m1/s1. The first-order valence-electron chi connectivity index (χ1n) is 9.25. The number of hydrogen-bond donors (Lipinski definition) is 1. The van der Waals surface area contributed by atoms with Gasteiger partial charge in [-0.05, 0) is 54.1 Å². The molecule has 3 aromatic carbocycles. The number of nitrogens with zero attached hydrogens (tertiary/aromatic N) is 1. The van der Waals surface area contributed by atoms with Gasteiger partial charge in [-0.2, -0.15) is 0 Å². The van der Waals surface area contributed by atoms with Crippen molar-refractivity contribution in [3.05, 3.63) is 77.6 Å². The van der Waals surface area contributed by atoms with Crippen LogP contribution in [0, 0.1) is 5.82 Å². The van der Waals surface area contributed by atoms with Crippen molar-refractivity contribution >= 4 is 16.7 Å². The number of rotatable bonds is 7. The monoisotopic (exact) mass is 380 g/mol. The van der Waals surface area contributed by atoms with E-state index < -0.39 is 5.82 Å². The van der Waals surface area contributed by atoms with Gasteiger partial charge in [0, 0.05) is 6.54 Å². The number of hydrogen-bond acceptors (Lipinski definition) is 3. The summed E-state index contributed by atoms with van der Waals surface area (Å²) in [5, 5.41) is 5.36. The first kappa shape index (κ1) is 19.8. The minimum Gasteiger partial charge on any atom is -0.494 e. The maximum Gasteiger partial charge on any atom is 0.234 e.